The fourth-order valence-corrected chi connectivity index (χ4v) is 1.83. The van der Waals surface area contributed by atoms with Gasteiger partial charge in [-0.25, -0.2) is 0 Å². The van der Waals surface area contributed by atoms with Gasteiger partial charge in [-0.3, -0.25) is 0 Å². The van der Waals surface area contributed by atoms with Crippen LogP contribution in [0.25, 0.3) is 0 Å². The number of benzene rings is 1. The van der Waals surface area contributed by atoms with E-state index in [1.54, 1.807) is 0 Å². The highest BCUT2D eigenvalue weighted by molar-refractivity contribution is 5.20. The topological polar surface area (TPSA) is 38.0 Å². The van der Waals surface area contributed by atoms with Crippen molar-refractivity contribution >= 4 is 0 Å². The molecule has 3 N–H and O–H groups in total. The summed E-state index contributed by atoms with van der Waals surface area (Å²) in [6, 6.07) is 11.4. The Morgan fingerprint density at radius 3 is 2.20 bits per heavy atom. The lowest BCUT2D eigenvalue weighted by atomic mass is 9.93. The Balaban J connectivity index is 2.69. The summed E-state index contributed by atoms with van der Waals surface area (Å²) in [5.74, 6) is 0.457. The molecule has 0 aliphatic carbocycles. The van der Waals surface area contributed by atoms with Crippen molar-refractivity contribution in [1.29, 1.82) is 0 Å². The zero-order valence-corrected chi connectivity index (χ0v) is 9.90. The molecule has 0 aliphatic heterocycles. The first-order valence-corrected chi connectivity index (χ1v) is 5.66. The Morgan fingerprint density at radius 2 is 1.73 bits per heavy atom. The molecule has 2 nitrogen and oxygen atoms in total. The molecular formula is C13H22N2. The Labute approximate surface area is 92.9 Å². The number of nitrogens with one attached hydrogen (secondary N) is 1. The maximum absolute atomic E-state index is 5.80. The van der Waals surface area contributed by atoms with Crippen molar-refractivity contribution < 1.29 is 0 Å². The number of rotatable bonds is 5. The van der Waals surface area contributed by atoms with Crippen LogP contribution >= 0.6 is 0 Å². The maximum atomic E-state index is 5.80. The Hall–Kier alpha value is -0.860. The van der Waals surface area contributed by atoms with Crippen LogP contribution < -0.4 is 11.1 Å². The van der Waals surface area contributed by atoms with E-state index >= 15 is 0 Å². The van der Waals surface area contributed by atoms with Gasteiger partial charge in [-0.05, 0) is 11.5 Å². The summed E-state index contributed by atoms with van der Waals surface area (Å²) in [6.45, 7) is 7.21. The first-order valence-electron chi connectivity index (χ1n) is 5.66. The highest BCUT2D eigenvalue weighted by atomic mass is 15.0. The predicted molar refractivity (Wildman–Crippen MR) is 66.0 cm³/mol. The van der Waals surface area contributed by atoms with E-state index in [1.165, 1.54) is 5.56 Å². The van der Waals surface area contributed by atoms with Crippen LogP contribution in [-0.4, -0.2) is 18.6 Å². The first kappa shape index (κ1) is 12.2. The van der Waals surface area contributed by atoms with Gasteiger partial charge in [0.1, 0.15) is 0 Å². The van der Waals surface area contributed by atoms with Gasteiger partial charge in [-0.1, -0.05) is 51.1 Å². The van der Waals surface area contributed by atoms with Crippen LogP contribution in [0.5, 0.6) is 0 Å². The molecule has 2 unspecified atom stereocenters. The standard InChI is InChI=1S/C13H22N2/c1-10(2)15-13(9-14)11(3)12-7-5-4-6-8-12/h4-8,10-11,13,15H,9,14H2,1-3H3. The Morgan fingerprint density at radius 1 is 1.13 bits per heavy atom. The van der Waals surface area contributed by atoms with Crippen LogP contribution in [0.3, 0.4) is 0 Å². The fraction of sp³-hybridized carbons (Fsp3) is 0.538. The summed E-state index contributed by atoms with van der Waals surface area (Å²) in [5.41, 5.74) is 7.15. The average Bonchev–Trinajstić information content (AvgIpc) is 2.26. The minimum atomic E-state index is 0.354. The molecule has 0 saturated heterocycles. The molecule has 0 fully saturated rings. The molecule has 0 amide bonds. The lowest BCUT2D eigenvalue weighted by molar-refractivity contribution is 0.419. The molecule has 2 heteroatoms. The van der Waals surface area contributed by atoms with Crippen LogP contribution in [0.4, 0.5) is 0 Å². The minimum Gasteiger partial charge on any atom is -0.329 e. The number of hydrogen-bond acceptors (Lipinski definition) is 2. The van der Waals surface area contributed by atoms with Crippen LogP contribution in [0.1, 0.15) is 32.3 Å². The van der Waals surface area contributed by atoms with E-state index in [0.717, 1.165) is 0 Å². The van der Waals surface area contributed by atoms with Gasteiger partial charge in [0.2, 0.25) is 0 Å². The summed E-state index contributed by atoms with van der Waals surface area (Å²) in [4.78, 5) is 0. The predicted octanol–water partition coefficient (Wildman–Crippen LogP) is 2.12. The second-order valence-electron chi connectivity index (χ2n) is 4.36. The van der Waals surface area contributed by atoms with Gasteiger partial charge in [-0.2, -0.15) is 0 Å². The van der Waals surface area contributed by atoms with Crippen LogP contribution in [0, 0.1) is 0 Å². The third-order valence-corrected chi connectivity index (χ3v) is 2.73. The van der Waals surface area contributed by atoms with Crippen molar-refractivity contribution in [3.05, 3.63) is 35.9 Å². The number of hydrogen-bond donors (Lipinski definition) is 2. The van der Waals surface area contributed by atoms with Gasteiger partial charge in [0.25, 0.3) is 0 Å². The Bertz CT molecular complexity index is 269. The first-order chi connectivity index (χ1) is 7.15. The highest BCUT2D eigenvalue weighted by Crippen LogP contribution is 2.18. The van der Waals surface area contributed by atoms with Crippen molar-refractivity contribution in [3.63, 3.8) is 0 Å². The zero-order valence-electron chi connectivity index (χ0n) is 9.90. The van der Waals surface area contributed by atoms with E-state index in [-0.39, 0.29) is 0 Å². The zero-order chi connectivity index (χ0) is 11.3. The van der Waals surface area contributed by atoms with E-state index in [4.69, 9.17) is 5.73 Å². The monoisotopic (exact) mass is 206 g/mol. The van der Waals surface area contributed by atoms with Crippen LogP contribution in [-0.2, 0) is 0 Å². The van der Waals surface area contributed by atoms with E-state index in [0.29, 0.717) is 24.5 Å². The van der Waals surface area contributed by atoms with Gasteiger partial charge in [0.05, 0.1) is 0 Å². The molecule has 1 aromatic carbocycles. The summed E-state index contributed by atoms with van der Waals surface area (Å²) < 4.78 is 0. The molecule has 0 bridgehead atoms. The quantitative estimate of drug-likeness (QED) is 0.774. The molecule has 2 atom stereocenters. The van der Waals surface area contributed by atoms with Crippen molar-refractivity contribution in [2.24, 2.45) is 5.73 Å². The van der Waals surface area contributed by atoms with Gasteiger partial charge in [0.15, 0.2) is 0 Å². The van der Waals surface area contributed by atoms with Gasteiger partial charge in [0, 0.05) is 18.6 Å². The lowest BCUT2D eigenvalue weighted by Crippen LogP contribution is -2.43. The van der Waals surface area contributed by atoms with E-state index in [9.17, 15) is 0 Å². The van der Waals surface area contributed by atoms with E-state index in [1.807, 2.05) is 6.07 Å². The molecule has 15 heavy (non-hydrogen) atoms. The molecule has 84 valence electrons. The molecule has 0 heterocycles. The SMILES string of the molecule is CC(C)NC(CN)C(C)c1ccccc1. The molecule has 0 spiro atoms. The molecule has 0 aromatic heterocycles. The summed E-state index contributed by atoms with van der Waals surface area (Å²) in [6.07, 6.45) is 0. The fourth-order valence-electron chi connectivity index (χ4n) is 1.83. The van der Waals surface area contributed by atoms with E-state index in [2.05, 4.69) is 50.4 Å². The summed E-state index contributed by atoms with van der Waals surface area (Å²) in [7, 11) is 0. The van der Waals surface area contributed by atoms with E-state index < -0.39 is 0 Å². The van der Waals surface area contributed by atoms with Crippen molar-refractivity contribution in [2.75, 3.05) is 6.54 Å². The second-order valence-corrected chi connectivity index (χ2v) is 4.36. The van der Waals surface area contributed by atoms with Gasteiger partial charge < -0.3 is 11.1 Å². The summed E-state index contributed by atoms with van der Waals surface area (Å²) >= 11 is 0. The largest absolute Gasteiger partial charge is 0.329 e. The minimum absolute atomic E-state index is 0.354. The van der Waals surface area contributed by atoms with Crippen LogP contribution in [0.2, 0.25) is 0 Å². The molecule has 0 saturated carbocycles. The molecule has 0 aliphatic rings. The number of nitrogens with two attached hydrogens (primary N) is 1. The molecular weight excluding hydrogens is 184 g/mol. The Kier molecular flexibility index (Phi) is 4.79. The van der Waals surface area contributed by atoms with Crippen molar-refractivity contribution in [3.8, 4) is 0 Å². The average molecular weight is 206 g/mol. The van der Waals surface area contributed by atoms with Crippen LogP contribution in [0.15, 0.2) is 30.3 Å². The highest BCUT2D eigenvalue weighted by Gasteiger charge is 2.17. The maximum Gasteiger partial charge on any atom is 0.0258 e. The molecule has 1 rings (SSSR count). The normalized spacial score (nSPS) is 15.3. The molecule has 1 aromatic rings. The van der Waals surface area contributed by atoms with Crippen molar-refractivity contribution in [2.45, 2.75) is 38.8 Å². The van der Waals surface area contributed by atoms with Gasteiger partial charge in [-0.15, -0.1) is 0 Å². The van der Waals surface area contributed by atoms with Gasteiger partial charge >= 0.3 is 0 Å². The third kappa shape index (κ3) is 3.65. The molecule has 0 radical (unpaired) electrons. The summed E-state index contributed by atoms with van der Waals surface area (Å²) in [5, 5.41) is 3.50. The smallest absolute Gasteiger partial charge is 0.0258 e. The lowest BCUT2D eigenvalue weighted by Gasteiger charge is -2.26. The third-order valence-electron chi connectivity index (χ3n) is 2.73. The second kappa shape index (κ2) is 5.89. The van der Waals surface area contributed by atoms with Crippen molar-refractivity contribution in [1.82, 2.24) is 5.32 Å².